The lowest BCUT2D eigenvalue weighted by Gasteiger charge is -2.28. The van der Waals surface area contributed by atoms with Crippen molar-refractivity contribution in [2.45, 2.75) is 31.2 Å². The molecule has 2 heterocycles. The van der Waals surface area contributed by atoms with Gasteiger partial charge in [0.1, 0.15) is 42.2 Å². The van der Waals surface area contributed by atoms with Gasteiger partial charge in [-0.25, -0.2) is 19.1 Å². The van der Waals surface area contributed by atoms with Crippen LogP contribution in [-0.2, 0) is 9.53 Å². The summed E-state index contributed by atoms with van der Waals surface area (Å²) in [7, 11) is 1.46. The number of nitrogens with zero attached hydrogens (tertiary/aromatic N) is 2. The van der Waals surface area contributed by atoms with Gasteiger partial charge in [-0.15, -0.1) is 0 Å². The highest BCUT2D eigenvalue weighted by atomic mass is 127. The summed E-state index contributed by atoms with van der Waals surface area (Å²) in [6.45, 7) is 1.20. The van der Waals surface area contributed by atoms with Crippen LogP contribution in [0.4, 0.5) is 9.18 Å². The lowest BCUT2D eigenvalue weighted by molar-refractivity contribution is -0.131. The molecule has 1 fully saturated rings. The fourth-order valence-corrected chi connectivity index (χ4v) is 4.45. The summed E-state index contributed by atoms with van der Waals surface area (Å²) >= 11 is 2.02. The van der Waals surface area contributed by atoms with Crippen molar-refractivity contribution in [1.29, 1.82) is 0 Å². The number of aliphatic hydroxyl groups excluding tert-OH is 2. The molecule has 0 bridgehead atoms. The van der Waals surface area contributed by atoms with Crippen LogP contribution in [0.3, 0.4) is 0 Å². The van der Waals surface area contributed by atoms with Crippen LogP contribution in [0.2, 0.25) is 0 Å². The molecule has 10 nitrogen and oxygen atoms in total. The molecule has 1 saturated heterocycles. The highest BCUT2D eigenvalue weighted by Crippen LogP contribution is 2.34. The quantitative estimate of drug-likeness (QED) is 0.201. The zero-order valence-corrected chi connectivity index (χ0v) is 22.2. The van der Waals surface area contributed by atoms with E-state index in [1.165, 1.54) is 19.4 Å². The predicted octanol–water partition coefficient (Wildman–Crippen LogP) is 2.92. The highest BCUT2D eigenvalue weighted by Gasteiger charge is 2.46. The van der Waals surface area contributed by atoms with E-state index in [9.17, 15) is 19.1 Å². The summed E-state index contributed by atoms with van der Waals surface area (Å²) in [5.41, 5.74) is 1.25. The van der Waals surface area contributed by atoms with E-state index in [1.54, 1.807) is 43.3 Å². The Morgan fingerprint density at radius 3 is 2.59 bits per heavy atom. The molecular weight excluding hydrogens is 598 g/mol. The van der Waals surface area contributed by atoms with Crippen LogP contribution in [0.15, 0.2) is 48.7 Å². The number of imidazole rings is 1. The number of halogens is 2. The van der Waals surface area contributed by atoms with Gasteiger partial charge in [-0.3, -0.25) is 4.79 Å². The Balaban J connectivity index is 1.58. The fourth-order valence-electron chi connectivity index (χ4n) is 4.00. The molecule has 2 aromatic carbocycles. The summed E-state index contributed by atoms with van der Waals surface area (Å²) in [6, 6.07) is 8.80. The largest absolute Gasteiger partial charge is 0.491 e. The van der Waals surface area contributed by atoms with Gasteiger partial charge in [0.05, 0.1) is 24.6 Å². The summed E-state index contributed by atoms with van der Waals surface area (Å²) in [4.78, 5) is 34.9. The summed E-state index contributed by atoms with van der Waals surface area (Å²) < 4.78 is 26.1. The molecule has 3 aromatic rings. The van der Waals surface area contributed by atoms with Gasteiger partial charge in [-0.1, -0.05) is 12.1 Å². The number of carbonyl (C=O) groups is 2. The van der Waals surface area contributed by atoms with E-state index in [0.717, 1.165) is 8.47 Å². The van der Waals surface area contributed by atoms with Gasteiger partial charge in [0.2, 0.25) is 0 Å². The van der Waals surface area contributed by atoms with Crippen LogP contribution in [0.25, 0.3) is 11.3 Å². The molecule has 0 radical (unpaired) electrons. The number of H-pyrrole nitrogens is 1. The smallest absolute Gasteiger partial charge is 0.325 e. The number of aliphatic hydroxyl groups is 2. The highest BCUT2D eigenvalue weighted by molar-refractivity contribution is 14.1. The lowest BCUT2D eigenvalue weighted by atomic mass is 10.1. The Morgan fingerprint density at radius 1 is 1.22 bits per heavy atom. The fraction of sp³-hybridized carbons (Fsp3) is 0.320. The first-order valence-corrected chi connectivity index (χ1v) is 12.5. The maximum atomic E-state index is 14.5. The van der Waals surface area contributed by atoms with Crippen LogP contribution in [0.5, 0.6) is 5.75 Å². The molecule has 4 rings (SSSR count). The maximum absolute atomic E-state index is 14.5. The molecule has 3 amide bonds. The zero-order chi connectivity index (χ0) is 26.7. The number of amides is 3. The minimum absolute atomic E-state index is 0.0868. The van der Waals surface area contributed by atoms with E-state index in [2.05, 4.69) is 15.3 Å². The van der Waals surface area contributed by atoms with Crippen LogP contribution in [-0.4, -0.2) is 69.6 Å². The number of rotatable bonds is 10. The number of nitrogens with one attached hydrogen (secondary N) is 2. The van der Waals surface area contributed by atoms with E-state index in [4.69, 9.17) is 14.6 Å². The molecule has 4 atom stereocenters. The summed E-state index contributed by atoms with van der Waals surface area (Å²) in [5.74, 6) is -0.215. The number of methoxy groups -OCH3 is 1. The van der Waals surface area contributed by atoms with Crippen LogP contribution >= 0.6 is 22.6 Å². The van der Waals surface area contributed by atoms with E-state index in [0.29, 0.717) is 22.6 Å². The average molecular weight is 624 g/mol. The average Bonchev–Trinajstić information content (AvgIpc) is 3.48. The second-order valence-corrected chi connectivity index (χ2v) is 9.74. The third-order valence-corrected chi connectivity index (χ3v) is 6.70. The standard InChI is InChI=1S/C25H26FIN4O6/c1-13(36-2)22(23-28-10-20(29-23)18-8-5-15(27)9-19(18)26)31-24(34)21(30-25(31)35)14-3-6-17(7-4-14)37-12-16(33)11-32/h3-10,13,16,21-22,32-33H,11-12H2,1-2H3,(H,28,29)(H,30,35)/t13-,16+,21?,22+/m1/s1. The van der Waals surface area contributed by atoms with Gasteiger partial charge in [0, 0.05) is 16.2 Å². The van der Waals surface area contributed by atoms with E-state index in [-0.39, 0.29) is 12.4 Å². The molecule has 4 N–H and O–H groups in total. The number of aromatic amines is 1. The third-order valence-electron chi connectivity index (χ3n) is 6.03. The van der Waals surface area contributed by atoms with Gasteiger partial charge in [0.15, 0.2) is 0 Å². The van der Waals surface area contributed by atoms with E-state index in [1.807, 2.05) is 22.6 Å². The minimum atomic E-state index is -1.01. The number of ether oxygens (including phenoxy) is 2. The Morgan fingerprint density at radius 2 is 1.95 bits per heavy atom. The Bertz CT molecular complexity index is 1270. The molecule has 12 heteroatoms. The van der Waals surface area contributed by atoms with Crippen LogP contribution in [0, 0.1) is 9.39 Å². The van der Waals surface area contributed by atoms with Crippen molar-refractivity contribution in [1.82, 2.24) is 20.2 Å². The van der Waals surface area contributed by atoms with E-state index < -0.39 is 48.7 Å². The second-order valence-electron chi connectivity index (χ2n) is 8.50. The van der Waals surface area contributed by atoms with Gasteiger partial charge in [-0.05, 0) is 65.4 Å². The SMILES string of the molecule is CO[C@H](C)[C@@H](c1ncc(-c2ccc(I)cc2F)[nH]1)N1C(=O)NC(c2ccc(OC[C@@H](O)CO)cc2)C1=O. The summed E-state index contributed by atoms with van der Waals surface area (Å²) in [5, 5.41) is 21.0. The molecule has 1 aliphatic heterocycles. The third kappa shape index (κ3) is 5.76. The molecule has 0 aliphatic carbocycles. The second kappa shape index (κ2) is 11.5. The van der Waals surface area contributed by atoms with Gasteiger partial charge < -0.3 is 30.0 Å². The summed E-state index contributed by atoms with van der Waals surface area (Å²) in [6.07, 6.45) is -0.172. The molecular formula is C25H26FIN4O6. The van der Waals surface area contributed by atoms with Crippen molar-refractivity contribution in [2.75, 3.05) is 20.3 Å². The number of aromatic nitrogens is 2. The molecule has 1 aliphatic rings. The maximum Gasteiger partial charge on any atom is 0.325 e. The number of hydrogen-bond donors (Lipinski definition) is 4. The normalized spacial score (nSPS) is 18.0. The zero-order valence-electron chi connectivity index (χ0n) is 20.0. The Hall–Kier alpha value is -3.07. The van der Waals surface area contributed by atoms with Gasteiger partial charge in [-0.2, -0.15) is 0 Å². The predicted molar refractivity (Wildman–Crippen MR) is 139 cm³/mol. The van der Waals surface area contributed by atoms with Crippen molar-refractivity contribution in [2.24, 2.45) is 0 Å². The first-order chi connectivity index (χ1) is 17.7. The van der Waals surface area contributed by atoms with Crippen LogP contribution in [0.1, 0.15) is 30.4 Å². The van der Waals surface area contributed by atoms with Crippen molar-refractivity contribution in [3.8, 4) is 17.0 Å². The molecule has 196 valence electrons. The lowest BCUT2D eigenvalue weighted by Crippen LogP contribution is -2.41. The topological polar surface area (TPSA) is 137 Å². The van der Waals surface area contributed by atoms with Crippen molar-refractivity contribution in [3.63, 3.8) is 0 Å². The van der Waals surface area contributed by atoms with Gasteiger partial charge in [0.25, 0.3) is 5.91 Å². The van der Waals surface area contributed by atoms with Crippen molar-refractivity contribution >= 4 is 34.5 Å². The molecule has 1 unspecified atom stereocenters. The van der Waals surface area contributed by atoms with Crippen LogP contribution < -0.4 is 10.1 Å². The number of imide groups is 1. The van der Waals surface area contributed by atoms with Crippen molar-refractivity contribution < 1.29 is 33.7 Å². The number of benzene rings is 2. The Kier molecular flexibility index (Phi) is 8.42. The monoisotopic (exact) mass is 624 g/mol. The Labute approximate surface area is 225 Å². The number of urea groups is 1. The first kappa shape index (κ1) is 27.0. The molecule has 37 heavy (non-hydrogen) atoms. The van der Waals surface area contributed by atoms with Crippen molar-refractivity contribution in [3.05, 3.63) is 69.4 Å². The number of hydrogen-bond acceptors (Lipinski definition) is 7. The molecule has 1 aromatic heterocycles. The molecule has 0 saturated carbocycles. The van der Waals surface area contributed by atoms with E-state index >= 15 is 0 Å². The van der Waals surface area contributed by atoms with Gasteiger partial charge >= 0.3 is 6.03 Å². The minimum Gasteiger partial charge on any atom is -0.491 e. The first-order valence-electron chi connectivity index (χ1n) is 11.4. The molecule has 0 spiro atoms. The number of carbonyl (C=O) groups excluding carboxylic acids is 2.